The van der Waals surface area contributed by atoms with Crippen LogP contribution in [0.3, 0.4) is 0 Å². The van der Waals surface area contributed by atoms with E-state index in [0.29, 0.717) is 10.2 Å². The Balaban J connectivity index is 2.35. The van der Waals surface area contributed by atoms with Gasteiger partial charge in [-0.25, -0.2) is 12.8 Å². The van der Waals surface area contributed by atoms with E-state index < -0.39 is 20.7 Å². The summed E-state index contributed by atoms with van der Waals surface area (Å²) in [5.74, 6) is -0.810. The molecule has 0 aliphatic heterocycles. The molecule has 99 valence electrons. The smallest absolute Gasteiger partial charge is 0.264 e. The molecule has 0 amide bonds. The molecule has 0 saturated carbocycles. The first-order valence-electron chi connectivity index (χ1n) is 5.28. The molecule has 0 fully saturated rings. The molecule has 0 bridgehead atoms. The number of benzene rings is 2. The van der Waals surface area contributed by atoms with Crippen LogP contribution in [0.4, 0.5) is 10.1 Å². The monoisotopic (exact) mass is 342 g/mol. The highest BCUT2D eigenvalue weighted by atomic mass is 79.9. The molecule has 1 N–H and O–H groups in total. The zero-order valence-electron chi connectivity index (χ0n) is 9.73. The Morgan fingerprint density at radius 3 is 2.32 bits per heavy atom. The molecule has 2 aromatic rings. The number of hydrogen-bond acceptors (Lipinski definition) is 2. The number of halogens is 2. The normalized spacial score (nSPS) is 11.3. The van der Waals surface area contributed by atoms with E-state index in [4.69, 9.17) is 0 Å². The molecule has 2 aromatic carbocycles. The van der Waals surface area contributed by atoms with Crippen LogP contribution in [-0.4, -0.2) is 8.42 Å². The summed E-state index contributed by atoms with van der Waals surface area (Å²) in [7, 11) is -3.94. The fraction of sp³-hybridized carbons (Fsp3) is 0. The quantitative estimate of drug-likeness (QED) is 0.926. The Labute approximate surface area is 119 Å². The van der Waals surface area contributed by atoms with Gasteiger partial charge < -0.3 is 0 Å². The average Bonchev–Trinajstić information content (AvgIpc) is 2.31. The van der Waals surface area contributed by atoms with Crippen molar-refractivity contribution in [2.45, 2.75) is 4.90 Å². The third kappa shape index (κ3) is 3.33. The molecule has 3 nitrogen and oxygen atoms in total. The van der Waals surface area contributed by atoms with Crippen molar-refractivity contribution in [1.29, 1.82) is 0 Å². The lowest BCUT2D eigenvalue weighted by Crippen LogP contribution is -2.14. The lowest BCUT2D eigenvalue weighted by Gasteiger charge is -2.09. The Morgan fingerprint density at radius 1 is 1.11 bits per heavy atom. The van der Waals surface area contributed by atoms with Gasteiger partial charge in [0.25, 0.3) is 10.0 Å². The summed E-state index contributed by atoms with van der Waals surface area (Å²) >= 11 is 3.08. The molecule has 2 rings (SSSR count). The molecular weight excluding hydrogens is 333 g/mol. The van der Waals surface area contributed by atoms with E-state index >= 15 is 0 Å². The summed E-state index contributed by atoms with van der Waals surface area (Å²) < 4.78 is 40.5. The fourth-order valence-corrected chi connectivity index (χ4v) is 2.93. The van der Waals surface area contributed by atoms with Gasteiger partial charge >= 0.3 is 0 Å². The van der Waals surface area contributed by atoms with Crippen molar-refractivity contribution in [3.8, 4) is 0 Å². The van der Waals surface area contributed by atoms with Crippen LogP contribution in [-0.2, 0) is 10.0 Å². The molecule has 0 aliphatic rings. The molecule has 0 saturated heterocycles. The minimum atomic E-state index is -3.94. The Hall–Kier alpha value is -1.40. The van der Waals surface area contributed by atoms with E-state index in [-0.39, 0.29) is 0 Å². The van der Waals surface area contributed by atoms with Gasteiger partial charge in [-0.15, -0.1) is 0 Å². The second-order valence-electron chi connectivity index (χ2n) is 3.88. The van der Waals surface area contributed by atoms with Crippen molar-refractivity contribution in [3.05, 3.63) is 65.2 Å². The van der Waals surface area contributed by atoms with E-state index in [9.17, 15) is 12.8 Å². The third-order valence-electron chi connectivity index (χ3n) is 2.39. The second kappa shape index (κ2) is 5.30. The van der Waals surface area contributed by atoms with Crippen LogP contribution in [0.2, 0.25) is 0 Å². The highest BCUT2D eigenvalue weighted by Gasteiger charge is 2.19. The first-order chi connectivity index (χ1) is 8.88. The van der Waals surface area contributed by atoms with Crippen LogP contribution < -0.4 is 4.72 Å². The summed E-state index contributed by atoms with van der Waals surface area (Å²) in [5, 5.41) is 0. The van der Waals surface area contributed by atoms with E-state index in [1.807, 2.05) is 0 Å². The van der Waals surface area contributed by atoms with Gasteiger partial charge in [0, 0.05) is 10.2 Å². The van der Waals surface area contributed by atoms with E-state index in [0.717, 1.165) is 11.6 Å². The van der Waals surface area contributed by atoms with Gasteiger partial charge in [-0.1, -0.05) is 28.1 Å². The van der Waals surface area contributed by atoms with E-state index in [1.165, 1.54) is 12.1 Å². The molecule has 0 aliphatic carbocycles. The zero-order chi connectivity index (χ0) is 14.0. The molecule has 6 heteroatoms. The Kier molecular flexibility index (Phi) is 3.91. The minimum absolute atomic E-state index is 0.356. The molecule has 19 heavy (non-hydrogen) atoms. The van der Waals surface area contributed by atoms with Gasteiger partial charge in [0.1, 0.15) is 10.7 Å². The van der Waals surface area contributed by atoms with Crippen LogP contribution >= 0.6 is 15.9 Å². The van der Waals surface area contributed by atoms with Crippen molar-refractivity contribution in [2.24, 2.45) is 0 Å². The molecular formula is C13H10BrFNO2S. The molecule has 0 unspecified atom stereocenters. The number of sulfonamides is 1. The first-order valence-corrected chi connectivity index (χ1v) is 7.56. The van der Waals surface area contributed by atoms with Gasteiger partial charge in [0.2, 0.25) is 0 Å². The largest absolute Gasteiger partial charge is 0.280 e. The van der Waals surface area contributed by atoms with Crippen LogP contribution in [0.15, 0.2) is 51.8 Å². The van der Waals surface area contributed by atoms with Gasteiger partial charge in [-0.3, -0.25) is 4.72 Å². The van der Waals surface area contributed by atoms with Crippen LogP contribution in [0.1, 0.15) is 5.56 Å². The van der Waals surface area contributed by atoms with Gasteiger partial charge in [-0.05, 0) is 42.8 Å². The lowest BCUT2D eigenvalue weighted by molar-refractivity contribution is 0.570. The van der Waals surface area contributed by atoms with Gasteiger partial charge in [0.05, 0.1) is 0 Å². The van der Waals surface area contributed by atoms with Crippen LogP contribution in [0, 0.1) is 12.7 Å². The highest BCUT2D eigenvalue weighted by Crippen LogP contribution is 2.22. The van der Waals surface area contributed by atoms with Crippen LogP contribution in [0.5, 0.6) is 0 Å². The molecule has 0 aromatic heterocycles. The standard InChI is InChI=1S/C13H10BrFNO2S/c1-9-2-5-11(6-3-9)16-19(17,18)13-7-4-10(14)8-12(13)15/h2-8,16H,1H2. The number of anilines is 1. The number of rotatable bonds is 3. The number of nitrogens with one attached hydrogen (secondary N) is 1. The zero-order valence-corrected chi connectivity index (χ0v) is 12.1. The minimum Gasteiger partial charge on any atom is -0.280 e. The van der Waals surface area contributed by atoms with Crippen molar-refractivity contribution >= 4 is 31.6 Å². The summed E-state index contributed by atoms with van der Waals surface area (Å²) in [6, 6.07) is 10.2. The summed E-state index contributed by atoms with van der Waals surface area (Å²) in [5.41, 5.74) is 1.12. The second-order valence-corrected chi connectivity index (χ2v) is 6.44. The topological polar surface area (TPSA) is 46.2 Å². The van der Waals surface area contributed by atoms with Gasteiger partial charge in [0.15, 0.2) is 0 Å². The molecule has 0 heterocycles. The molecule has 0 atom stereocenters. The van der Waals surface area contributed by atoms with Crippen molar-refractivity contribution in [1.82, 2.24) is 0 Å². The molecule has 1 radical (unpaired) electrons. The van der Waals surface area contributed by atoms with Crippen molar-refractivity contribution in [2.75, 3.05) is 4.72 Å². The maximum absolute atomic E-state index is 13.7. The Morgan fingerprint density at radius 2 is 1.74 bits per heavy atom. The van der Waals surface area contributed by atoms with Gasteiger partial charge in [-0.2, -0.15) is 0 Å². The van der Waals surface area contributed by atoms with Crippen molar-refractivity contribution in [3.63, 3.8) is 0 Å². The fourth-order valence-electron chi connectivity index (χ4n) is 1.48. The number of hydrogen-bond donors (Lipinski definition) is 1. The lowest BCUT2D eigenvalue weighted by atomic mass is 10.2. The predicted molar refractivity (Wildman–Crippen MR) is 75.8 cm³/mol. The first kappa shape index (κ1) is 14.0. The molecule has 0 spiro atoms. The van der Waals surface area contributed by atoms with Crippen molar-refractivity contribution < 1.29 is 12.8 Å². The summed E-state index contributed by atoms with van der Waals surface area (Å²) in [6.45, 7) is 3.70. The van der Waals surface area contributed by atoms with Crippen LogP contribution in [0.25, 0.3) is 0 Å². The third-order valence-corrected chi connectivity index (χ3v) is 4.30. The van der Waals surface area contributed by atoms with E-state index in [2.05, 4.69) is 27.6 Å². The SMILES string of the molecule is [CH2]c1ccc(NS(=O)(=O)c2ccc(Br)cc2F)cc1. The Bertz CT molecular complexity index is 699. The predicted octanol–water partition coefficient (Wildman–Crippen LogP) is 3.57. The summed E-state index contributed by atoms with van der Waals surface area (Å²) in [4.78, 5) is -0.394. The maximum Gasteiger partial charge on any atom is 0.264 e. The highest BCUT2D eigenvalue weighted by molar-refractivity contribution is 9.10. The van der Waals surface area contributed by atoms with E-state index in [1.54, 1.807) is 24.3 Å². The average molecular weight is 343 g/mol. The maximum atomic E-state index is 13.7. The summed E-state index contributed by atoms with van der Waals surface area (Å²) in [6.07, 6.45) is 0.